The van der Waals surface area contributed by atoms with Crippen molar-refractivity contribution in [3.05, 3.63) is 53.9 Å². The molecule has 0 aliphatic carbocycles. The summed E-state index contributed by atoms with van der Waals surface area (Å²) in [4.78, 5) is 32.2. The van der Waals surface area contributed by atoms with Gasteiger partial charge in [-0.2, -0.15) is 0 Å². The molecule has 0 saturated carbocycles. The van der Waals surface area contributed by atoms with E-state index < -0.39 is 0 Å². The highest BCUT2D eigenvalue weighted by molar-refractivity contribution is 5.93. The largest absolute Gasteiger partial charge is 0.450 e. The number of hydrogen-bond donors (Lipinski definition) is 1. The summed E-state index contributed by atoms with van der Waals surface area (Å²) in [6.07, 6.45) is 2.23. The van der Waals surface area contributed by atoms with Crippen LogP contribution in [-0.2, 0) is 11.2 Å². The first-order chi connectivity index (χ1) is 13.6. The van der Waals surface area contributed by atoms with Crippen LogP contribution < -0.4 is 5.32 Å². The number of anilines is 2. The molecule has 2 amide bonds. The molecule has 7 nitrogen and oxygen atoms in total. The van der Waals surface area contributed by atoms with Crippen molar-refractivity contribution >= 4 is 23.4 Å². The monoisotopic (exact) mass is 382 g/mol. The molecule has 0 radical (unpaired) electrons. The van der Waals surface area contributed by atoms with Crippen molar-refractivity contribution in [1.29, 1.82) is 0 Å². The van der Waals surface area contributed by atoms with Crippen molar-refractivity contribution in [2.75, 3.05) is 38.1 Å². The maximum atomic E-state index is 12.8. The summed E-state index contributed by atoms with van der Waals surface area (Å²) in [6, 6.07) is 11.7. The highest BCUT2D eigenvalue weighted by Crippen LogP contribution is 2.22. The Kier molecular flexibility index (Phi) is 6.47. The van der Waals surface area contributed by atoms with Crippen LogP contribution in [0, 0.1) is 0 Å². The molecule has 28 heavy (non-hydrogen) atoms. The standard InChI is InChI=1S/C21H26N4O3/c1-3-16-7-5-6-8-18(16)23-17-9-10-22-19(15-17)20(26)24-11-13-25(14-12-24)21(27)28-4-2/h5-10,15H,3-4,11-14H2,1-2H3,(H,22,23). The molecule has 1 N–H and O–H groups in total. The number of nitrogens with zero attached hydrogens (tertiary/aromatic N) is 3. The molecule has 1 aliphatic heterocycles. The van der Waals surface area contributed by atoms with Gasteiger partial charge < -0.3 is 19.9 Å². The van der Waals surface area contributed by atoms with Gasteiger partial charge in [0, 0.05) is 43.8 Å². The van der Waals surface area contributed by atoms with Crippen LogP contribution in [0.5, 0.6) is 0 Å². The van der Waals surface area contributed by atoms with Gasteiger partial charge in [-0.25, -0.2) is 4.79 Å². The number of rotatable bonds is 5. The third-order valence-electron chi connectivity index (χ3n) is 4.75. The molecule has 2 aromatic rings. The van der Waals surface area contributed by atoms with E-state index in [1.165, 1.54) is 5.56 Å². The number of hydrogen-bond acceptors (Lipinski definition) is 5. The molecule has 1 aromatic carbocycles. The molecule has 0 atom stereocenters. The van der Waals surface area contributed by atoms with E-state index in [-0.39, 0.29) is 12.0 Å². The van der Waals surface area contributed by atoms with Crippen molar-refractivity contribution in [2.45, 2.75) is 20.3 Å². The van der Waals surface area contributed by atoms with Crippen LogP contribution in [0.15, 0.2) is 42.6 Å². The second kappa shape index (κ2) is 9.21. The summed E-state index contributed by atoms with van der Waals surface area (Å²) in [5, 5.41) is 3.38. The minimum Gasteiger partial charge on any atom is -0.450 e. The van der Waals surface area contributed by atoms with Crippen LogP contribution in [0.3, 0.4) is 0 Å². The van der Waals surface area contributed by atoms with E-state index in [1.807, 2.05) is 24.3 Å². The average Bonchev–Trinajstić information content (AvgIpc) is 2.74. The molecule has 148 valence electrons. The number of ether oxygens (including phenoxy) is 1. The number of aryl methyl sites for hydroxylation is 1. The number of aromatic nitrogens is 1. The molecule has 1 aliphatic rings. The topological polar surface area (TPSA) is 74.8 Å². The van der Waals surface area contributed by atoms with E-state index in [1.54, 1.807) is 29.0 Å². The molecule has 0 spiro atoms. The SMILES string of the molecule is CCOC(=O)N1CCN(C(=O)c2cc(Nc3ccccc3CC)ccn2)CC1. The summed E-state index contributed by atoms with van der Waals surface area (Å²) in [7, 11) is 0. The molecule has 1 aromatic heterocycles. The lowest BCUT2D eigenvalue weighted by Gasteiger charge is -2.33. The zero-order valence-electron chi connectivity index (χ0n) is 16.4. The Morgan fingerprint density at radius 2 is 1.79 bits per heavy atom. The quantitative estimate of drug-likeness (QED) is 0.859. The molecule has 7 heteroatoms. The van der Waals surface area contributed by atoms with Gasteiger partial charge in [0.05, 0.1) is 6.61 Å². The molecule has 1 saturated heterocycles. The third-order valence-corrected chi connectivity index (χ3v) is 4.75. The number of pyridine rings is 1. The van der Waals surface area contributed by atoms with Gasteiger partial charge in [0.25, 0.3) is 5.91 Å². The van der Waals surface area contributed by atoms with E-state index in [4.69, 9.17) is 4.74 Å². The van der Waals surface area contributed by atoms with E-state index in [0.717, 1.165) is 17.8 Å². The Morgan fingerprint density at radius 1 is 1.07 bits per heavy atom. The van der Waals surface area contributed by atoms with E-state index in [2.05, 4.69) is 23.3 Å². The van der Waals surface area contributed by atoms with Crippen molar-refractivity contribution in [3.63, 3.8) is 0 Å². The maximum Gasteiger partial charge on any atom is 0.409 e. The number of amides is 2. The number of carbonyl (C=O) groups is 2. The van der Waals surface area contributed by atoms with E-state index in [0.29, 0.717) is 38.5 Å². The Labute approximate surface area is 165 Å². The van der Waals surface area contributed by atoms with Gasteiger partial charge in [0.1, 0.15) is 5.69 Å². The van der Waals surface area contributed by atoms with Gasteiger partial charge in [-0.3, -0.25) is 9.78 Å². The van der Waals surface area contributed by atoms with E-state index >= 15 is 0 Å². The number of benzene rings is 1. The van der Waals surface area contributed by atoms with Crippen LogP contribution >= 0.6 is 0 Å². The molecule has 0 bridgehead atoms. The van der Waals surface area contributed by atoms with E-state index in [9.17, 15) is 9.59 Å². The number of nitrogens with one attached hydrogen (secondary N) is 1. The lowest BCUT2D eigenvalue weighted by molar-refractivity contribution is 0.0566. The van der Waals surface area contributed by atoms with Crippen LogP contribution in [0.2, 0.25) is 0 Å². The molecule has 1 fully saturated rings. The lowest BCUT2D eigenvalue weighted by Crippen LogP contribution is -2.50. The van der Waals surface area contributed by atoms with Gasteiger partial charge in [0.2, 0.25) is 0 Å². The Bertz CT molecular complexity index is 832. The number of piperazine rings is 1. The fraction of sp³-hybridized carbons (Fsp3) is 0.381. The zero-order chi connectivity index (χ0) is 19.9. The Morgan fingerprint density at radius 3 is 2.50 bits per heavy atom. The predicted molar refractivity (Wildman–Crippen MR) is 108 cm³/mol. The van der Waals surface area contributed by atoms with Crippen molar-refractivity contribution in [3.8, 4) is 0 Å². The minimum atomic E-state index is -0.325. The van der Waals surface area contributed by atoms with Gasteiger partial charge in [0.15, 0.2) is 0 Å². The predicted octanol–water partition coefficient (Wildman–Crippen LogP) is 3.30. The Hall–Kier alpha value is -3.09. The summed E-state index contributed by atoms with van der Waals surface area (Å²) in [5.74, 6) is -0.129. The summed E-state index contributed by atoms with van der Waals surface area (Å²) < 4.78 is 5.02. The Balaban J connectivity index is 1.65. The first-order valence-electron chi connectivity index (χ1n) is 9.64. The first-order valence-corrected chi connectivity index (χ1v) is 9.64. The molecular weight excluding hydrogens is 356 g/mol. The smallest absolute Gasteiger partial charge is 0.409 e. The van der Waals surface area contributed by atoms with Crippen molar-refractivity contribution in [1.82, 2.24) is 14.8 Å². The third kappa shape index (κ3) is 4.60. The van der Waals surface area contributed by atoms with Crippen molar-refractivity contribution < 1.29 is 14.3 Å². The average molecular weight is 382 g/mol. The normalized spacial score (nSPS) is 13.9. The minimum absolute atomic E-state index is 0.129. The molecule has 0 unspecified atom stereocenters. The first kappa shape index (κ1) is 19.7. The van der Waals surface area contributed by atoms with Gasteiger partial charge >= 0.3 is 6.09 Å². The van der Waals surface area contributed by atoms with Gasteiger partial charge in [-0.15, -0.1) is 0 Å². The van der Waals surface area contributed by atoms with Crippen LogP contribution in [0.25, 0.3) is 0 Å². The van der Waals surface area contributed by atoms with Crippen LogP contribution in [0.1, 0.15) is 29.9 Å². The number of carbonyl (C=O) groups excluding carboxylic acids is 2. The highest BCUT2D eigenvalue weighted by Gasteiger charge is 2.26. The summed E-state index contributed by atoms with van der Waals surface area (Å²) >= 11 is 0. The van der Waals surface area contributed by atoms with Gasteiger partial charge in [-0.05, 0) is 37.1 Å². The van der Waals surface area contributed by atoms with Crippen LogP contribution in [-0.4, -0.2) is 59.6 Å². The molecule has 2 heterocycles. The highest BCUT2D eigenvalue weighted by atomic mass is 16.6. The molecular formula is C21H26N4O3. The number of para-hydroxylation sites is 1. The molecule has 3 rings (SSSR count). The zero-order valence-corrected chi connectivity index (χ0v) is 16.4. The second-order valence-electron chi connectivity index (χ2n) is 6.54. The van der Waals surface area contributed by atoms with Gasteiger partial charge in [-0.1, -0.05) is 25.1 Å². The summed E-state index contributed by atoms with van der Waals surface area (Å²) in [6.45, 7) is 6.11. The van der Waals surface area contributed by atoms with Crippen molar-refractivity contribution in [2.24, 2.45) is 0 Å². The van der Waals surface area contributed by atoms with Crippen LogP contribution in [0.4, 0.5) is 16.2 Å². The second-order valence-corrected chi connectivity index (χ2v) is 6.54. The summed E-state index contributed by atoms with van der Waals surface area (Å²) in [5.41, 5.74) is 3.45. The fourth-order valence-electron chi connectivity index (χ4n) is 3.20. The lowest BCUT2D eigenvalue weighted by atomic mass is 10.1. The maximum absolute atomic E-state index is 12.8. The fourth-order valence-corrected chi connectivity index (χ4v) is 3.20.